The normalized spacial score (nSPS) is 21.5. The van der Waals surface area contributed by atoms with Gasteiger partial charge in [-0.15, -0.1) is 0 Å². The van der Waals surface area contributed by atoms with Gasteiger partial charge in [-0.1, -0.05) is 11.6 Å². The molecule has 0 bridgehead atoms. The van der Waals surface area contributed by atoms with Crippen molar-refractivity contribution in [2.45, 2.75) is 31.3 Å². The molecule has 2 atom stereocenters. The van der Waals surface area contributed by atoms with Gasteiger partial charge in [-0.05, 0) is 43.5 Å². The van der Waals surface area contributed by atoms with Gasteiger partial charge < -0.3 is 16.1 Å². The summed E-state index contributed by atoms with van der Waals surface area (Å²) in [6.07, 6.45) is 16.0. The van der Waals surface area contributed by atoms with Crippen LogP contribution in [0.5, 0.6) is 0 Å². The van der Waals surface area contributed by atoms with Crippen LogP contribution in [-0.2, 0) is 0 Å². The highest BCUT2D eigenvalue weighted by atomic mass is 35.5. The molecule has 0 radical (unpaired) electrons. The van der Waals surface area contributed by atoms with E-state index in [1.165, 1.54) is 0 Å². The second-order valence-electron chi connectivity index (χ2n) is 6.32. The lowest BCUT2D eigenvalue weighted by atomic mass is 10.2. The molecule has 3 N–H and O–H groups in total. The van der Waals surface area contributed by atoms with E-state index in [4.69, 9.17) is 11.6 Å². The maximum Gasteiger partial charge on any atom is 0.147 e. The molecule has 1 saturated carbocycles. The van der Waals surface area contributed by atoms with Gasteiger partial charge in [-0.25, -0.2) is 15.0 Å². The van der Waals surface area contributed by atoms with Gasteiger partial charge in [-0.3, -0.25) is 5.01 Å². The number of rotatable bonds is 5. The zero-order valence-electron chi connectivity index (χ0n) is 14.1. The highest BCUT2D eigenvalue weighted by Crippen LogP contribution is 2.25. The van der Waals surface area contributed by atoms with Crippen molar-refractivity contribution in [3.05, 3.63) is 60.4 Å². The number of anilines is 3. The summed E-state index contributed by atoms with van der Waals surface area (Å²) in [4.78, 5) is 12.8. The van der Waals surface area contributed by atoms with Crippen molar-refractivity contribution in [3.63, 3.8) is 0 Å². The van der Waals surface area contributed by atoms with Crippen molar-refractivity contribution in [2.75, 3.05) is 15.6 Å². The van der Waals surface area contributed by atoms with E-state index in [2.05, 4.69) is 31.0 Å². The van der Waals surface area contributed by atoms with Gasteiger partial charge >= 0.3 is 0 Å². The van der Waals surface area contributed by atoms with Crippen LogP contribution in [0.2, 0.25) is 5.15 Å². The Morgan fingerprint density at radius 2 is 1.77 bits per heavy atom. The van der Waals surface area contributed by atoms with E-state index in [0.29, 0.717) is 17.2 Å². The Hall–Kier alpha value is -2.80. The molecule has 3 heterocycles. The van der Waals surface area contributed by atoms with Crippen molar-refractivity contribution in [3.8, 4) is 0 Å². The number of hydrogen-bond donors (Lipinski definition) is 3. The molecule has 2 aromatic heterocycles. The Bertz CT molecular complexity index is 788. The summed E-state index contributed by atoms with van der Waals surface area (Å²) in [6.45, 7) is 0. The first kappa shape index (κ1) is 16.7. The highest BCUT2D eigenvalue weighted by molar-refractivity contribution is 6.29. The quantitative estimate of drug-likeness (QED) is 0.746. The van der Waals surface area contributed by atoms with Crippen molar-refractivity contribution >= 4 is 28.9 Å². The van der Waals surface area contributed by atoms with Gasteiger partial charge in [0.05, 0.1) is 24.3 Å². The van der Waals surface area contributed by atoms with E-state index >= 15 is 0 Å². The zero-order valence-corrected chi connectivity index (χ0v) is 14.9. The van der Waals surface area contributed by atoms with E-state index in [1.807, 2.05) is 47.9 Å². The first-order valence-electron chi connectivity index (χ1n) is 8.62. The third kappa shape index (κ3) is 4.05. The summed E-state index contributed by atoms with van der Waals surface area (Å²) >= 11 is 5.77. The van der Waals surface area contributed by atoms with Crippen LogP contribution in [0.1, 0.15) is 19.3 Å². The lowest BCUT2D eigenvalue weighted by Gasteiger charge is -2.22. The van der Waals surface area contributed by atoms with Crippen LogP contribution in [0.3, 0.4) is 0 Å². The van der Waals surface area contributed by atoms with Gasteiger partial charge in [0.15, 0.2) is 0 Å². The molecule has 0 unspecified atom stereocenters. The Kier molecular flexibility index (Phi) is 4.88. The second-order valence-corrected chi connectivity index (χ2v) is 6.71. The number of allylic oxidation sites excluding steroid dienone is 2. The number of hydrogen-bond acceptors (Lipinski definition) is 7. The maximum atomic E-state index is 5.77. The Balaban J connectivity index is 1.30. The summed E-state index contributed by atoms with van der Waals surface area (Å²) in [5.74, 6) is 1.65. The van der Waals surface area contributed by atoms with Crippen molar-refractivity contribution < 1.29 is 0 Å². The van der Waals surface area contributed by atoms with E-state index < -0.39 is 0 Å². The van der Waals surface area contributed by atoms with Crippen LogP contribution >= 0.6 is 11.6 Å². The van der Waals surface area contributed by atoms with Crippen LogP contribution in [0.4, 0.5) is 17.3 Å². The SMILES string of the molecule is Clc1cnc(N[C@H]2CC[C@H](Nc3ccc(N4C=CC=CN4)cn3)C2)cn1. The standard InChI is InChI=1S/C18H20ClN7/c19-16-11-22-18(12-20-16)25-14-4-3-13(9-14)24-17-6-5-15(10-21-17)26-8-2-1-7-23-26/h1-2,5-8,10-14,23H,3-4,9H2,(H,21,24)(H,22,25)/t13-,14-/m0/s1. The topological polar surface area (TPSA) is 78.0 Å². The highest BCUT2D eigenvalue weighted by Gasteiger charge is 2.25. The van der Waals surface area contributed by atoms with E-state index in [9.17, 15) is 0 Å². The summed E-state index contributed by atoms with van der Waals surface area (Å²) in [6, 6.07) is 4.81. The smallest absolute Gasteiger partial charge is 0.147 e. The minimum Gasteiger partial charge on any atom is -0.367 e. The predicted molar refractivity (Wildman–Crippen MR) is 104 cm³/mol. The fourth-order valence-corrected chi connectivity index (χ4v) is 3.28. The van der Waals surface area contributed by atoms with E-state index in [0.717, 1.165) is 36.6 Å². The third-order valence-electron chi connectivity index (χ3n) is 4.44. The Labute approximate surface area is 157 Å². The van der Waals surface area contributed by atoms with Gasteiger partial charge in [0.1, 0.15) is 16.8 Å². The Morgan fingerprint density at radius 1 is 0.962 bits per heavy atom. The van der Waals surface area contributed by atoms with E-state index in [-0.39, 0.29) is 0 Å². The number of pyridine rings is 1. The molecule has 4 rings (SSSR count). The van der Waals surface area contributed by atoms with Crippen LogP contribution in [0.25, 0.3) is 0 Å². The molecule has 0 saturated heterocycles. The van der Waals surface area contributed by atoms with Gasteiger partial charge in [0, 0.05) is 24.5 Å². The first-order chi connectivity index (χ1) is 12.8. The maximum absolute atomic E-state index is 5.77. The molecule has 1 fully saturated rings. The Morgan fingerprint density at radius 3 is 2.42 bits per heavy atom. The summed E-state index contributed by atoms with van der Waals surface area (Å²) < 4.78 is 0. The predicted octanol–water partition coefficient (Wildman–Crippen LogP) is 3.32. The molecule has 2 aliphatic rings. The molecule has 134 valence electrons. The number of nitrogens with one attached hydrogen (secondary N) is 3. The van der Waals surface area contributed by atoms with Gasteiger partial charge in [-0.2, -0.15) is 0 Å². The molecular formula is C18H20ClN7. The average Bonchev–Trinajstić information content (AvgIpc) is 3.12. The van der Waals surface area contributed by atoms with E-state index in [1.54, 1.807) is 12.4 Å². The molecule has 1 aliphatic heterocycles. The number of nitrogens with zero attached hydrogens (tertiary/aromatic N) is 4. The van der Waals surface area contributed by atoms with Crippen LogP contribution < -0.4 is 21.1 Å². The second kappa shape index (κ2) is 7.61. The summed E-state index contributed by atoms with van der Waals surface area (Å²) in [5.41, 5.74) is 4.13. The first-order valence-corrected chi connectivity index (χ1v) is 8.99. The fourth-order valence-electron chi connectivity index (χ4n) is 3.18. The van der Waals surface area contributed by atoms with Crippen molar-refractivity contribution in [2.24, 2.45) is 0 Å². The zero-order chi connectivity index (χ0) is 17.8. The molecule has 2 aromatic rings. The monoisotopic (exact) mass is 369 g/mol. The lowest BCUT2D eigenvalue weighted by Crippen LogP contribution is -2.30. The van der Waals surface area contributed by atoms with Crippen molar-refractivity contribution in [1.29, 1.82) is 0 Å². The van der Waals surface area contributed by atoms with Crippen molar-refractivity contribution in [1.82, 2.24) is 20.4 Å². The molecule has 8 heteroatoms. The average molecular weight is 370 g/mol. The third-order valence-corrected chi connectivity index (χ3v) is 4.63. The lowest BCUT2D eigenvalue weighted by molar-refractivity contribution is 0.719. The van der Waals surface area contributed by atoms with Gasteiger partial charge in [0.25, 0.3) is 0 Å². The van der Waals surface area contributed by atoms with Crippen LogP contribution in [-0.4, -0.2) is 27.0 Å². The van der Waals surface area contributed by atoms with Gasteiger partial charge in [0.2, 0.25) is 0 Å². The molecule has 26 heavy (non-hydrogen) atoms. The molecule has 0 amide bonds. The summed E-state index contributed by atoms with van der Waals surface area (Å²) in [5, 5.41) is 9.25. The number of aromatic nitrogens is 3. The number of halogens is 1. The summed E-state index contributed by atoms with van der Waals surface area (Å²) in [7, 11) is 0. The fraction of sp³-hybridized carbons (Fsp3) is 0.278. The molecule has 0 spiro atoms. The van der Waals surface area contributed by atoms with Crippen LogP contribution in [0, 0.1) is 0 Å². The molecule has 1 aliphatic carbocycles. The minimum atomic E-state index is 0.372. The van der Waals surface area contributed by atoms with Crippen LogP contribution in [0.15, 0.2) is 55.3 Å². The molecule has 7 nitrogen and oxygen atoms in total. The number of hydrazine groups is 1. The molecule has 0 aromatic carbocycles. The minimum absolute atomic E-state index is 0.372. The molecular weight excluding hydrogens is 350 g/mol. The largest absolute Gasteiger partial charge is 0.367 e.